The summed E-state index contributed by atoms with van der Waals surface area (Å²) in [7, 11) is 1.67. The maximum absolute atomic E-state index is 5.92. The van der Waals surface area contributed by atoms with Gasteiger partial charge in [-0.3, -0.25) is 4.57 Å². The molecule has 1 fully saturated rings. The van der Waals surface area contributed by atoms with Crippen molar-refractivity contribution in [2.75, 3.05) is 13.7 Å². The van der Waals surface area contributed by atoms with Crippen molar-refractivity contribution in [2.45, 2.75) is 50.2 Å². The lowest BCUT2D eigenvalue weighted by molar-refractivity contribution is 0.0953. The fourth-order valence-corrected chi connectivity index (χ4v) is 5.18. The van der Waals surface area contributed by atoms with E-state index in [2.05, 4.69) is 57.1 Å². The lowest BCUT2D eigenvalue weighted by Gasteiger charge is -2.15. The highest BCUT2D eigenvalue weighted by Crippen LogP contribution is 2.29. The predicted octanol–water partition coefficient (Wildman–Crippen LogP) is 5.23. The zero-order valence-electron chi connectivity index (χ0n) is 19.8. The molecule has 7 nitrogen and oxygen atoms in total. The molecule has 0 radical (unpaired) electrons. The summed E-state index contributed by atoms with van der Waals surface area (Å²) in [4.78, 5) is 0. The molecule has 34 heavy (non-hydrogen) atoms. The molecular formula is C26H29N5O2S. The van der Waals surface area contributed by atoms with Crippen molar-refractivity contribution in [1.29, 1.82) is 0 Å². The molecular weight excluding hydrogens is 446 g/mol. The Morgan fingerprint density at radius 2 is 1.85 bits per heavy atom. The minimum atomic E-state index is 0.201. The summed E-state index contributed by atoms with van der Waals surface area (Å²) in [5.74, 6) is 2.50. The molecule has 1 atom stereocenters. The summed E-state index contributed by atoms with van der Waals surface area (Å²) in [6.45, 7) is 5.68. The average molecular weight is 476 g/mol. The Labute approximate surface area is 204 Å². The molecule has 1 unspecified atom stereocenters. The van der Waals surface area contributed by atoms with Gasteiger partial charge in [-0.05, 0) is 74.7 Å². The number of benzene rings is 2. The number of rotatable bonds is 8. The number of ether oxygens (including phenoxy) is 2. The van der Waals surface area contributed by atoms with Crippen LogP contribution >= 0.6 is 11.8 Å². The van der Waals surface area contributed by atoms with E-state index in [1.165, 1.54) is 5.56 Å². The second kappa shape index (κ2) is 10.0. The first-order chi connectivity index (χ1) is 16.6. The van der Waals surface area contributed by atoms with Crippen LogP contribution < -0.4 is 4.74 Å². The van der Waals surface area contributed by atoms with Crippen LogP contribution in [0, 0.1) is 13.8 Å². The molecule has 3 heterocycles. The maximum atomic E-state index is 5.92. The van der Waals surface area contributed by atoms with Crippen molar-refractivity contribution in [3.63, 3.8) is 0 Å². The van der Waals surface area contributed by atoms with Crippen molar-refractivity contribution in [3.8, 4) is 22.8 Å². The number of methoxy groups -OCH3 is 1. The van der Waals surface area contributed by atoms with Gasteiger partial charge in [0.15, 0.2) is 11.0 Å². The standard InChI is InChI=1S/C26H29N5O2S/c1-18-15-19(2)31(29-18)22-10-6-20(7-11-22)17-34-26-28-27-25(21-8-12-23(32-3)13-9-21)30(26)16-24-5-4-14-33-24/h6-13,15,24H,4-5,14,16-17H2,1-3H3. The van der Waals surface area contributed by atoms with Crippen LogP contribution in [-0.4, -0.2) is 44.4 Å². The first kappa shape index (κ1) is 22.7. The van der Waals surface area contributed by atoms with Crippen LogP contribution in [0.5, 0.6) is 5.75 Å². The normalized spacial score (nSPS) is 15.7. The number of aryl methyl sites for hydroxylation is 2. The fraction of sp³-hybridized carbons (Fsp3) is 0.346. The Bertz CT molecular complexity index is 1240. The second-order valence-corrected chi connectivity index (χ2v) is 9.52. The van der Waals surface area contributed by atoms with Gasteiger partial charge >= 0.3 is 0 Å². The predicted molar refractivity (Wildman–Crippen MR) is 134 cm³/mol. The monoisotopic (exact) mass is 475 g/mol. The minimum Gasteiger partial charge on any atom is -0.497 e. The number of hydrogen-bond acceptors (Lipinski definition) is 6. The van der Waals surface area contributed by atoms with E-state index in [1.807, 2.05) is 35.9 Å². The minimum absolute atomic E-state index is 0.201. The van der Waals surface area contributed by atoms with Gasteiger partial charge in [-0.2, -0.15) is 5.10 Å². The van der Waals surface area contributed by atoms with E-state index in [0.717, 1.165) is 71.1 Å². The largest absolute Gasteiger partial charge is 0.497 e. The Morgan fingerprint density at radius 3 is 2.50 bits per heavy atom. The molecule has 2 aromatic carbocycles. The molecule has 4 aromatic rings. The third kappa shape index (κ3) is 4.88. The number of hydrogen-bond donors (Lipinski definition) is 0. The second-order valence-electron chi connectivity index (χ2n) is 8.57. The van der Waals surface area contributed by atoms with Crippen molar-refractivity contribution < 1.29 is 9.47 Å². The topological polar surface area (TPSA) is 67.0 Å². The molecule has 1 aliphatic rings. The first-order valence-electron chi connectivity index (χ1n) is 11.6. The van der Waals surface area contributed by atoms with Gasteiger partial charge in [0.05, 0.1) is 31.1 Å². The van der Waals surface area contributed by atoms with E-state index in [1.54, 1.807) is 18.9 Å². The van der Waals surface area contributed by atoms with Gasteiger partial charge in [0.1, 0.15) is 5.75 Å². The number of nitrogens with zero attached hydrogens (tertiary/aromatic N) is 5. The number of thioether (sulfide) groups is 1. The zero-order valence-corrected chi connectivity index (χ0v) is 20.6. The summed E-state index contributed by atoms with van der Waals surface area (Å²) in [5, 5.41) is 14.6. The Hall–Kier alpha value is -3.10. The summed E-state index contributed by atoms with van der Waals surface area (Å²) in [5.41, 5.74) is 5.48. The maximum Gasteiger partial charge on any atom is 0.191 e. The van der Waals surface area contributed by atoms with Crippen molar-refractivity contribution in [2.24, 2.45) is 0 Å². The zero-order chi connectivity index (χ0) is 23.5. The van der Waals surface area contributed by atoms with Crippen LogP contribution in [0.25, 0.3) is 17.1 Å². The van der Waals surface area contributed by atoms with E-state index in [-0.39, 0.29) is 6.10 Å². The lowest BCUT2D eigenvalue weighted by atomic mass is 10.2. The smallest absolute Gasteiger partial charge is 0.191 e. The van der Waals surface area contributed by atoms with E-state index in [4.69, 9.17) is 9.47 Å². The third-order valence-corrected chi connectivity index (χ3v) is 7.07. The first-order valence-corrected chi connectivity index (χ1v) is 12.5. The molecule has 0 bridgehead atoms. The summed E-state index contributed by atoms with van der Waals surface area (Å²) < 4.78 is 15.4. The molecule has 176 valence electrons. The molecule has 1 aliphatic heterocycles. The van der Waals surface area contributed by atoms with E-state index in [0.29, 0.717) is 0 Å². The van der Waals surface area contributed by atoms with Crippen molar-refractivity contribution in [1.82, 2.24) is 24.5 Å². The SMILES string of the molecule is COc1ccc(-c2nnc(SCc3ccc(-n4nc(C)cc4C)cc3)n2CC2CCCO2)cc1. The van der Waals surface area contributed by atoms with Gasteiger partial charge in [-0.15, -0.1) is 10.2 Å². The van der Waals surface area contributed by atoms with Crippen LogP contribution in [-0.2, 0) is 17.0 Å². The molecule has 1 saturated heterocycles. The fourth-order valence-electron chi connectivity index (χ4n) is 4.28. The van der Waals surface area contributed by atoms with Crippen molar-refractivity contribution >= 4 is 11.8 Å². The van der Waals surface area contributed by atoms with Crippen LogP contribution in [0.1, 0.15) is 29.8 Å². The van der Waals surface area contributed by atoms with Gasteiger partial charge in [0.25, 0.3) is 0 Å². The highest BCUT2D eigenvalue weighted by Gasteiger charge is 2.22. The van der Waals surface area contributed by atoms with Crippen LogP contribution in [0.3, 0.4) is 0 Å². The molecule has 8 heteroatoms. The lowest BCUT2D eigenvalue weighted by Crippen LogP contribution is -2.16. The summed E-state index contributed by atoms with van der Waals surface area (Å²) >= 11 is 1.70. The van der Waals surface area contributed by atoms with Gasteiger partial charge in [-0.1, -0.05) is 23.9 Å². The van der Waals surface area contributed by atoms with Crippen LogP contribution in [0.2, 0.25) is 0 Å². The van der Waals surface area contributed by atoms with Gasteiger partial charge < -0.3 is 9.47 Å². The molecule has 0 amide bonds. The van der Waals surface area contributed by atoms with Crippen LogP contribution in [0.4, 0.5) is 0 Å². The van der Waals surface area contributed by atoms with Crippen molar-refractivity contribution in [3.05, 3.63) is 71.5 Å². The summed E-state index contributed by atoms with van der Waals surface area (Å²) in [6.07, 6.45) is 2.37. The van der Waals surface area contributed by atoms with E-state index in [9.17, 15) is 0 Å². The highest BCUT2D eigenvalue weighted by molar-refractivity contribution is 7.98. The number of aromatic nitrogens is 5. The van der Waals surface area contributed by atoms with Crippen LogP contribution in [0.15, 0.2) is 59.8 Å². The Morgan fingerprint density at radius 1 is 1.06 bits per heavy atom. The van der Waals surface area contributed by atoms with Gasteiger partial charge in [0.2, 0.25) is 0 Å². The molecule has 0 N–H and O–H groups in total. The molecule has 0 saturated carbocycles. The Kier molecular flexibility index (Phi) is 6.69. The Balaban J connectivity index is 1.35. The highest BCUT2D eigenvalue weighted by atomic mass is 32.2. The molecule has 0 spiro atoms. The molecule has 5 rings (SSSR count). The average Bonchev–Trinajstić information content (AvgIpc) is 3.59. The van der Waals surface area contributed by atoms with Gasteiger partial charge in [0, 0.05) is 23.6 Å². The molecule has 2 aromatic heterocycles. The van der Waals surface area contributed by atoms with Gasteiger partial charge in [-0.25, -0.2) is 4.68 Å². The van der Waals surface area contributed by atoms with E-state index < -0.39 is 0 Å². The quantitative estimate of drug-likeness (QED) is 0.325. The summed E-state index contributed by atoms with van der Waals surface area (Å²) in [6, 6.07) is 18.6. The van der Waals surface area contributed by atoms with E-state index >= 15 is 0 Å². The molecule has 0 aliphatic carbocycles. The third-order valence-electron chi connectivity index (χ3n) is 6.03.